The van der Waals surface area contributed by atoms with Gasteiger partial charge >= 0.3 is 11.9 Å². The normalized spacial score (nSPS) is 10.6. The van der Waals surface area contributed by atoms with E-state index >= 15 is 0 Å². The van der Waals surface area contributed by atoms with Gasteiger partial charge in [0, 0.05) is 17.5 Å². The summed E-state index contributed by atoms with van der Waals surface area (Å²) in [4.78, 5) is 39.4. The molecule has 1 heterocycles. The molecule has 0 spiro atoms. The zero-order valence-electron chi connectivity index (χ0n) is 15.9. The summed E-state index contributed by atoms with van der Waals surface area (Å²) in [6.07, 6.45) is 0. The molecule has 0 amide bonds. The van der Waals surface area contributed by atoms with Gasteiger partial charge in [-0.3, -0.25) is 10.1 Å². The van der Waals surface area contributed by atoms with Crippen LogP contribution in [0.4, 0.5) is 5.69 Å². The van der Waals surface area contributed by atoms with Gasteiger partial charge in [-0.2, -0.15) is 0 Å². The lowest BCUT2D eigenvalue weighted by Gasteiger charge is -2.14. The van der Waals surface area contributed by atoms with Crippen molar-refractivity contribution in [3.05, 3.63) is 81.0 Å². The Balaban J connectivity index is 1.90. The van der Waals surface area contributed by atoms with Crippen LogP contribution >= 0.6 is 0 Å². The number of aryl methyl sites for hydroxylation is 1. The second-order valence-corrected chi connectivity index (χ2v) is 6.18. The van der Waals surface area contributed by atoms with Gasteiger partial charge in [-0.05, 0) is 37.6 Å². The van der Waals surface area contributed by atoms with Crippen LogP contribution in [0.25, 0.3) is 10.9 Å². The number of carbonyl (C=O) groups excluding carboxylic acids is 2. The molecule has 8 nitrogen and oxygen atoms in total. The highest BCUT2D eigenvalue weighted by molar-refractivity contribution is 5.98. The van der Waals surface area contributed by atoms with Crippen molar-refractivity contribution in [1.29, 1.82) is 0 Å². The Morgan fingerprint density at radius 3 is 2.38 bits per heavy atom. The van der Waals surface area contributed by atoms with E-state index < -0.39 is 16.9 Å². The number of rotatable bonds is 6. The fraction of sp³-hybridized carbons (Fsp3) is 0.190. The fourth-order valence-electron chi connectivity index (χ4n) is 2.96. The van der Waals surface area contributed by atoms with Crippen LogP contribution in [0, 0.1) is 17.0 Å². The van der Waals surface area contributed by atoms with Crippen molar-refractivity contribution in [2.75, 3.05) is 6.61 Å². The standard InChI is InChI=1S/C21H18N2O6/c1-3-28-21(25)19-13(2)16-6-4-5-7-17(16)22-18(19)12-29-20(24)14-8-10-15(11-9-14)23(26)27/h4-11H,3,12H2,1-2H3. The van der Waals surface area contributed by atoms with Crippen LogP contribution in [-0.2, 0) is 16.1 Å². The molecule has 2 aromatic carbocycles. The summed E-state index contributed by atoms with van der Waals surface area (Å²) in [6, 6.07) is 12.4. The third kappa shape index (κ3) is 4.21. The third-order valence-electron chi connectivity index (χ3n) is 4.36. The van der Waals surface area contributed by atoms with Gasteiger partial charge in [0.2, 0.25) is 0 Å². The zero-order valence-corrected chi connectivity index (χ0v) is 15.9. The largest absolute Gasteiger partial charge is 0.462 e. The number of non-ortho nitro benzene ring substituents is 1. The average molecular weight is 394 g/mol. The maximum atomic E-state index is 12.5. The predicted molar refractivity (Wildman–Crippen MR) is 105 cm³/mol. The Morgan fingerprint density at radius 2 is 1.72 bits per heavy atom. The molecule has 1 aromatic heterocycles. The van der Waals surface area contributed by atoms with Crippen molar-refractivity contribution in [3.8, 4) is 0 Å². The summed E-state index contributed by atoms with van der Waals surface area (Å²) < 4.78 is 10.5. The molecule has 8 heteroatoms. The van der Waals surface area contributed by atoms with E-state index in [1.54, 1.807) is 19.9 Å². The van der Waals surface area contributed by atoms with E-state index in [0.717, 1.165) is 5.39 Å². The predicted octanol–water partition coefficient (Wildman–Crippen LogP) is 3.99. The van der Waals surface area contributed by atoms with E-state index in [2.05, 4.69) is 4.98 Å². The number of benzene rings is 2. The summed E-state index contributed by atoms with van der Waals surface area (Å²) in [6.45, 7) is 3.46. The first kappa shape index (κ1) is 19.9. The molecule has 0 aliphatic rings. The number of pyridine rings is 1. The number of ether oxygens (including phenoxy) is 2. The number of nitro benzene ring substituents is 1. The topological polar surface area (TPSA) is 109 Å². The molecular weight excluding hydrogens is 376 g/mol. The molecule has 0 aliphatic carbocycles. The van der Waals surface area contributed by atoms with Crippen LogP contribution in [0.1, 0.15) is 38.9 Å². The quantitative estimate of drug-likeness (QED) is 0.353. The first-order valence-electron chi connectivity index (χ1n) is 8.89. The van der Waals surface area contributed by atoms with Gasteiger partial charge in [0.1, 0.15) is 6.61 Å². The number of nitro groups is 1. The van der Waals surface area contributed by atoms with Gasteiger partial charge in [0.15, 0.2) is 0 Å². The lowest BCUT2D eigenvalue weighted by Crippen LogP contribution is -2.15. The number of esters is 2. The molecule has 3 rings (SSSR count). The van der Waals surface area contributed by atoms with E-state index in [-0.39, 0.29) is 35.7 Å². The molecule has 0 atom stereocenters. The lowest BCUT2D eigenvalue weighted by molar-refractivity contribution is -0.384. The summed E-state index contributed by atoms with van der Waals surface area (Å²) in [5.41, 5.74) is 1.94. The molecule has 0 bridgehead atoms. The molecule has 0 saturated carbocycles. The minimum atomic E-state index is -0.678. The number of nitrogens with zero attached hydrogens (tertiary/aromatic N) is 2. The van der Waals surface area contributed by atoms with Crippen molar-refractivity contribution in [1.82, 2.24) is 4.98 Å². The van der Waals surface area contributed by atoms with Gasteiger partial charge in [-0.25, -0.2) is 14.6 Å². The van der Waals surface area contributed by atoms with E-state index in [4.69, 9.17) is 9.47 Å². The van der Waals surface area contributed by atoms with Crippen molar-refractivity contribution < 1.29 is 24.0 Å². The van der Waals surface area contributed by atoms with Crippen molar-refractivity contribution >= 4 is 28.5 Å². The molecule has 0 aliphatic heterocycles. The monoisotopic (exact) mass is 394 g/mol. The van der Waals surface area contributed by atoms with E-state index in [0.29, 0.717) is 11.1 Å². The van der Waals surface area contributed by atoms with Gasteiger partial charge < -0.3 is 9.47 Å². The first-order chi connectivity index (χ1) is 13.9. The molecule has 3 aromatic rings. The van der Waals surface area contributed by atoms with Crippen LogP contribution in [0.3, 0.4) is 0 Å². The molecule has 0 radical (unpaired) electrons. The van der Waals surface area contributed by atoms with E-state index in [9.17, 15) is 19.7 Å². The summed E-state index contributed by atoms with van der Waals surface area (Å²) in [7, 11) is 0. The molecule has 29 heavy (non-hydrogen) atoms. The zero-order chi connectivity index (χ0) is 21.0. The Kier molecular flexibility index (Phi) is 5.82. The number of hydrogen-bond donors (Lipinski definition) is 0. The smallest absolute Gasteiger partial charge is 0.340 e. The average Bonchev–Trinajstić information content (AvgIpc) is 2.72. The van der Waals surface area contributed by atoms with E-state index in [1.165, 1.54) is 24.3 Å². The molecule has 0 saturated heterocycles. The molecule has 0 unspecified atom stereocenters. The van der Waals surface area contributed by atoms with E-state index in [1.807, 2.05) is 18.2 Å². The molecule has 148 valence electrons. The highest BCUT2D eigenvalue weighted by Crippen LogP contribution is 2.24. The maximum Gasteiger partial charge on any atom is 0.340 e. The van der Waals surface area contributed by atoms with Crippen LogP contribution in [0.15, 0.2) is 48.5 Å². The van der Waals surface area contributed by atoms with Gasteiger partial charge in [0.05, 0.1) is 33.9 Å². The highest BCUT2D eigenvalue weighted by atomic mass is 16.6. The Morgan fingerprint density at radius 1 is 1.03 bits per heavy atom. The molecule has 0 fully saturated rings. The van der Waals surface area contributed by atoms with Crippen LogP contribution in [-0.4, -0.2) is 28.5 Å². The van der Waals surface area contributed by atoms with Crippen LogP contribution in [0.2, 0.25) is 0 Å². The Bertz CT molecular complexity index is 1090. The fourth-order valence-corrected chi connectivity index (χ4v) is 2.96. The third-order valence-corrected chi connectivity index (χ3v) is 4.36. The summed E-state index contributed by atoms with van der Waals surface area (Å²) in [5, 5.41) is 11.5. The first-order valence-corrected chi connectivity index (χ1v) is 8.89. The lowest BCUT2D eigenvalue weighted by atomic mass is 10.0. The SMILES string of the molecule is CCOC(=O)c1c(COC(=O)c2ccc([N+](=O)[O-])cc2)nc2ccccc2c1C. The van der Waals surface area contributed by atoms with Gasteiger partial charge in [-0.15, -0.1) is 0 Å². The number of carbonyl (C=O) groups is 2. The second-order valence-electron chi connectivity index (χ2n) is 6.18. The van der Waals surface area contributed by atoms with Crippen molar-refractivity contribution in [2.24, 2.45) is 0 Å². The Hall–Kier alpha value is -3.81. The van der Waals surface area contributed by atoms with Crippen molar-refractivity contribution in [3.63, 3.8) is 0 Å². The minimum Gasteiger partial charge on any atom is -0.462 e. The van der Waals surface area contributed by atoms with Crippen LogP contribution < -0.4 is 0 Å². The number of fused-ring (bicyclic) bond motifs is 1. The Labute approximate surface area is 166 Å². The molecular formula is C21H18N2O6. The highest BCUT2D eigenvalue weighted by Gasteiger charge is 2.21. The number of para-hydroxylation sites is 1. The number of aromatic nitrogens is 1. The second kappa shape index (κ2) is 8.47. The van der Waals surface area contributed by atoms with Gasteiger partial charge in [0.25, 0.3) is 5.69 Å². The molecule has 0 N–H and O–H groups in total. The number of hydrogen-bond acceptors (Lipinski definition) is 7. The van der Waals surface area contributed by atoms with Crippen molar-refractivity contribution in [2.45, 2.75) is 20.5 Å². The van der Waals surface area contributed by atoms with Gasteiger partial charge in [-0.1, -0.05) is 18.2 Å². The minimum absolute atomic E-state index is 0.127. The summed E-state index contributed by atoms with van der Waals surface area (Å²) >= 11 is 0. The maximum absolute atomic E-state index is 12.5. The summed E-state index contributed by atoms with van der Waals surface area (Å²) in [5.74, 6) is -1.22. The van der Waals surface area contributed by atoms with Crippen LogP contribution in [0.5, 0.6) is 0 Å².